The van der Waals surface area contributed by atoms with E-state index in [1.54, 1.807) is 15.9 Å². The SMILES string of the molecule is CC(C)Cc1ncn(C2=NCC(=O)N3CCc4c(cccc4-c4cnc(F)cn4)C3=C2)n1. The van der Waals surface area contributed by atoms with Gasteiger partial charge in [0.05, 0.1) is 23.8 Å². The molecule has 4 heterocycles. The van der Waals surface area contributed by atoms with Crippen LogP contribution >= 0.6 is 0 Å². The number of hydrogen-bond donors (Lipinski definition) is 0. The first-order valence-electron chi connectivity index (χ1n) is 10.6. The summed E-state index contributed by atoms with van der Waals surface area (Å²) in [5.74, 6) is 1.07. The predicted octanol–water partition coefficient (Wildman–Crippen LogP) is 2.76. The van der Waals surface area contributed by atoms with Gasteiger partial charge in [0.25, 0.3) is 0 Å². The summed E-state index contributed by atoms with van der Waals surface area (Å²) in [4.78, 5) is 31.4. The standard InChI is InChI=1S/C23H22FN7O/c1-14(2)8-21-28-13-31(29-21)22-9-19-17-5-3-4-16(18-10-26-20(24)11-25-18)15(17)6-7-30(19)23(32)12-27-22/h3-5,9-11,13-14H,6-8,12H2,1-2H3. The second-order valence-electron chi connectivity index (χ2n) is 8.26. The Morgan fingerprint density at radius 1 is 1.12 bits per heavy atom. The van der Waals surface area contributed by atoms with E-state index >= 15 is 0 Å². The predicted molar refractivity (Wildman–Crippen MR) is 117 cm³/mol. The minimum atomic E-state index is -0.618. The number of aliphatic imine (C=N–C) groups is 1. The molecule has 32 heavy (non-hydrogen) atoms. The maximum Gasteiger partial charge on any atom is 0.248 e. The van der Waals surface area contributed by atoms with Gasteiger partial charge in [0.1, 0.15) is 12.9 Å². The van der Waals surface area contributed by atoms with Gasteiger partial charge in [-0.1, -0.05) is 32.0 Å². The summed E-state index contributed by atoms with van der Waals surface area (Å²) in [6.07, 6.45) is 7.50. The van der Waals surface area contributed by atoms with Crippen LogP contribution in [0.3, 0.4) is 0 Å². The van der Waals surface area contributed by atoms with Crippen LogP contribution in [0.4, 0.5) is 4.39 Å². The Balaban J connectivity index is 1.58. The molecule has 2 aromatic heterocycles. The van der Waals surface area contributed by atoms with E-state index in [0.717, 1.165) is 40.8 Å². The van der Waals surface area contributed by atoms with Crippen LogP contribution in [-0.4, -0.2) is 54.5 Å². The molecule has 1 amide bonds. The normalized spacial score (nSPS) is 15.8. The molecule has 0 saturated heterocycles. The van der Waals surface area contributed by atoms with Crippen molar-refractivity contribution in [2.75, 3.05) is 13.1 Å². The van der Waals surface area contributed by atoms with E-state index in [4.69, 9.17) is 0 Å². The Hall–Kier alpha value is -3.75. The summed E-state index contributed by atoms with van der Waals surface area (Å²) >= 11 is 0. The molecule has 0 atom stereocenters. The number of fused-ring (bicyclic) bond motifs is 3. The average Bonchev–Trinajstić information content (AvgIpc) is 3.16. The fraction of sp³-hybridized carbons (Fsp3) is 0.304. The molecule has 0 bridgehead atoms. The monoisotopic (exact) mass is 431 g/mol. The number of carbonyl (C=O) groups is 1. The minimum Gasteiger partial charge on any atom is -0.310 e. The van der Waals surface area contributed by atoms with Crippen LogP contribution in [0, 0.1) is 11.9 Å². The molecule has 0 unspecified atom stereocenters. The summed E-state index contributed by atoms with van der Waals surface area (Å²) in [6, 6.07) is 5.83. The van der Waals surface area contributed by atoms with Gasteiger partial charge in [0.15, 0.2) is 11.7 Å². The lowest BCUT2D eigenvalue weighted by molar-refractivity contribution is -0.126. The highest BCUT2D eigenvalue weighted by Gasteiger charge is 2.30. The summed E-state index contributed by atoms with van der Waals surface area (Å²) in [6.45, 7) is 4.81. The quantitative estimate of drug-likeness (QED) is 0.636. The summed E-state index contributed by atoms with van der Waals surface area (Å²) in [7, 11) is 0. The lowest BCUT2D eigenvalue weighted by Gasteiger charge is -2.31. The molecule has 0 fully saturated rings. The third-order valence-corrected chi connectivity index (χ3v) is 5.53. The van der Waals surface area contributed by atoms with Crippen LogP contribution in [0.25, 0.3) is 17.0 Å². The first kappa shape index (κ1) is 20.2. The van der Waals surface area contributed by atoms with Gasteiger partial charge < -0.3 is 4.90 Å². The molecule has 1 aromatic carbocycles. The molecule has 2 aliphatic heterocycles. The van der Waals surface area contributed by atoms with Crippen molar-refractivity contribution in [2.24, 2.45) is 10.9 Å². The molecule has 5 rings (SSSR count). The maximum absolute atomic E-state index is 13.3. The smallest absolute Gasteiger partial charge is 0.248 e. The molecule has 0 aliphatic carbocycles. The van der Waals surface area contributed by atoms with Crippen LogP contribution < -0.4 is 0 Å². The molecule has 162 valence electrons. The summed E-state index contributed by atoms with van der Waals surface area (Å²) in [5.41, 5.74) is 4.21. The van der Waals surface area contributed by atoms with Crippen molar-refractivity contribution in [3.8, 4) is 11.3 Å². The van der Waals surface area contributed by atoms with Crippen LogP contribution in [-0.2, 0) is 17.6 Å². The first-order valence-corrected chi connectivity index (χ1v) is 10.6. The molecule has 0 radical (unpaired) electrons. The zero-order valence-corrected chi connectivity index (χ0v) is 17.9. The number of nitrogens with zero attached hydrogens (tertiary/aromatic N) is 7. The van der Waals surface area contributed by atoms with Crippen LogP contribution in [0.1, 0.15) is 30.8 Å². The van der Waals surface area contributed by atoms with Crippen LogP contribution in [0.2, 0.25) is 0 Å². The van der Waals surface area contributed by atoms with Crippen molar-refractivity contribution < 1.29 is 9.18 Å². The summed E-state index contributed by atoms with van der Waals surface area (Å²) in [5, 5.41) is 4.55. The molecule has 9 heteroatoms. The van der Waals surface area contributed by atoms with Gasteiger partial charge in [0, 0.05) is 30.2 Å². The second kappa shape index (κ2) is 8.07. The lowest BCUT2D eigenvalue weighted by Crippen LogP contribution is -2.36. The highest BCUT2D eigenvalue weighted by atomic mass is 19.1. The van der Waals surface area contributed by atoms with E-state index < -0.39 is 5.95 Å². The van der Waals surface area contributed by atoms with Crippen molar-refractivity contribution >= 4 is 17.4 Å². The van der Waals surface area contributed by atoms with Crippen molar-refractivity contribution in [3.05, 3.63) is 65.9 Å². The van der Waals surface area contributed by atoms with Gasteiger partial charge in [0.2, 0.25) is 11.9 Å². The maximum atomic E-state index is 13.3. The number of hydrogen-bond acceptors (Lipinski definition) is 6. The Kier molecular flexibility index (Phi) is 5.08. The van der Waals surface area contributed by atoms with Crippen LogP contribution in [0.15, 0.2) is 48.0 Å². The van der Waals surface area contributed by atoms with Gasteiger partial charge in [-0.3, -0.25) is 9.79 Å². The largest absolute Gasteiger partial charge is 0.310 e. The number of rotatable bonds is 3. The third-order valence-electron chi connectivity index (χ3n) is 5.53. The molecule has 3 aromatic rings. The van der Waals surface area contributed by atoms with E-state index in [-0.39, 0.29) is 12.5 Å². The highest BCUT2D eigenvalue weighted by Crippen LogP contribution is 2.35. The number of benzene rings is 1. The Morgan fingerprint density at radius 2 is 1.97 bits per heavy atom. The van der Waals surface area contributed by atoms with E-state index in [0.29, 0.717) is 30.4 Å². The van der Waals surface area contributed by atoms with Crippen molar-refractivity contribution in [3.63, 3.8) is 0 Å². The van der Waals surface area contributed by atoms with Gasteiger partial charge in [-0.05, 0) is 17.9 Å². The Labute approximate surface area is 184 Å². The van der Waals surface area contributed by atoms with E-state index in [9.17, 15) is 9.18 Å². The molecule has 0 spiro atoms. The number of amides is 1. The van der Waals surface area contributed by atoms with Crippen molar-refractivity contribution in [1.29, 1.82) is 0 Å². The summed E-state index contributed by atoms with van der Waals surface area (Å²) < 4.78 is 14.9. The second-order valence-corrected chi connectivity index (χ2v) is 8.26. The highest BCUT2D eigenvalue weighted by molar-refractivity contribution is 6.06. The number of allylic oxidation sites excluding steroid dienone is 1. The lowest BCUT2D eigenvalue weighted by atomic mass is 9.90. The van der Waals surface area contributed by atoms with E-state index in [2.05, 4.69) is 38.9 Å². The van der Waals surface area contributed by atoms with Gasteiger partial charge in [-0.25, -0.2) is 19.6 Å². The average molecular weight is 431 g/mol. The number of aromatic nitrogens is 5. The first-order chi connectivity index (χ1) is 15.5. The van der Waals surface area contributed by atoms with Gasteiger partial charge >= 0.3 is 0 Å². The topological polar surface area (TPSA) is 89.2 Å². The number of carbonyl (C=O) groups excluding carboxylic acids is 1. The molecule has 8 nitrogen and oxygen atoms in total. The molecule has 0 saturated carbocycles. The fourth-order valence-electron chi connectivity index (χ4n) is 4.10. The van der Waals surface area contributed by atoms with Gasteiger partial charge in [-0.2, -0.15) is 4.39 Å². The molecule has 2 aliphatic rings. The molecular formula is C23H22FN7O. The van der Waals surface area contributed by atoms with Crippen LogP contribution in [0.5, 0.6) is 0 Å². The molecule has 0 N–H and O–H groups in total. The fourth-order valence-corrected chi connectivity index (χ4v) is 4.10. The van der Waals surface area contributed by atoms with E-state index in [1.807, 2.05) is 24.3 Å². The molecular weight excluding hydrogens is 409 g/mol. The van der Waals surface area contributed by atoms with Crippen molar-refractivity contribution in [2.45, 2.75) is 26.7 Å². The number of halogens is 1. The van der Waals surface area contributed by atoms with E-state index in [1.165, 1.54) is 6.20 Å². The van der Waals surface area contributed by atoms with Crippen molar-refractivity contribution in [1.82, 2.24) is 29.6 Å². The Morgan fingerprint density at radius 3 is 2.75 bits per heavy atom. The third kappa shape index (κ3) is 3.70. The minimum absolute atomic E-state index is 0.0488. The Bertz CT molecular complexity index is 1240. The zero-order valence-electron chi connectivity index (χ0n) is 17.9. The zero-order chi connectivity index (χ0) is 22.2. The van der Waals surface area contributed by atoms with Gasteiger partial charge in [-0.15, -0.1) is 5.10 Å².